The van der Waals surface area contributed by atoms with Crippen molar-refractivity contribution in [3.8, 4) is 0 Å². The number of hydrogen-bond acceptors (Lipinski definition) is 4. The molecule has 0 atom stereocenters. The molecule has 2 N–H and O–H groups in total. The summed E-state index contributed by atoms with van der Waals surface area (Å²) in [6.45, 7) is 7.04. The maximum Gasteiger partial charge on any atom is 0.176 e. The maximum absolute atomic E-state index is 8.79. The molecule has 2 rings (SSSR count). The van der Waals surface area contributed by atoms with Gasteiger partial charge in [0.15, 0.2) is 11.1 Å². The molecule has 0 spiro atoms. The van der Waals surface area contributed by atoms with Gasteiger partial charge in [-0.2, -0.15) is 0 Å². The van der Waals surface area contributed by atoms with Crippen LogP contribution in [0.3, 0.4) is 0 Å². The van der Waals surface area contributed by atoms with Crippen LogP contribution in [0.5, 0.6) is 0 Å². The number of aliphatic hydroxyl groups is 1. The van der Waals surface area contributed by atoms with Crippen molar-refractivity contribution in [3.63, 3.8) is 0 Å². The molecule has 0 aromatic carbocycles. The van der Waals surface area contributed by atoms with Crippen molar-refractivity contribution in [2.45, 2.75) is 19.9 Å². The van der Waals surface area contributed by atoms with Crippen LogP contribution in [0.25, 0.3) is 11.2 Å². The van der Waals surface area contributed by atoms with E-state index < -0.39 is 0 Å². The lowest BCUT2D eigenvalue weighted by Gasteiger charge is -2.06. The number of rotatable bonds is 5. The minimum absolute atomic E-state index is 0.0157. The number of aliphatic hydroxyl groups excluding tert-OH is 1. The fourth-order valence-corrected chi connectivity index (χ4v) is 1.66. The first-order chi connectivity index (χ1) is 8.72. The van der Waals surface area contributed by atoms with E-state index in [4.69, 9.17) is 5.11 Å². The van der Waals surface area contributed by atoms with Gasteiger partial charge in [0.25, 0.3) is 0 Å². The molecule has 18 heavy (non-hydrogen) atoms. The first-order valence-electron chi connectivity index (χ1n) is 5.86. The van der Waals surface area contributed by atoms with Crippen molar-refractivity contribution < 1.29 is 5.11 Å². The van der Waals surface area contributed by atoms with Gasteiger partial charge in [-0.25, -0.2) is 9.97 Å². The first-order valence-corrected chi connectivity index (χ1v) is 5.86. The SMILES string of the molecule is C=C(C)CCn1cnc(=NCCO)c2[nH]cnc21. The zero-order valence-electron chi connectivity index (χ0n) is 10.4. The van der Waals surface area contributed by atoms with Crippen LogP contribution >= 0.6 is 0 Å². The molecule has 96 valence electrons. The molecule has 0 saturated heterocycles. The monoisotopic (exact) mass is 247 g/mol. The molecule has 2 aromatic heterocycles. The van der Waals surface area contributed by atoms with Gasteiger partial charge >= 0.3 is 0 Å². The predicted molar refractivity (Wildman–Crippen MR) is 68.8 cm³/mol. The summed E-state index contributed by atoms with van der Waals surface area (Å²) in [5.41, 5.74) is 3.33. The van der Waals surface area contributed by atoms with Gasteiger partial charge in [0, 0.05) is 6.54 Å². The third-order valence-corrected chi connectivity index (χ3v) is 2.58. The summed E-state index contributed by atoms with van der Waals surface area (Å²) in [6, 6.07) is 0. The summed E-state index contributed by atoms with van der Waals surface area (Å²) in [7, 11) is 0. The Labute approximate surface area is 105 Å². The molecule has 0 unspecified atom stereocenters. The number of nitrogens with one attached hydrogen (secondary N) is 1. The first kappa shape index (κ1) is 12.5. The second-order valence-electron chi connectivity index (χ2n) is 4.18. The Bertz CT molecular complexity index is 610. The minimum Gasteiger partial charge on any atom is -0.394 e. The Morgan fingerprint density at radius 2 is 2.39 bits per heavy atom. The number of hydrogen-bond donors (Lipinski definition) is 2. The number of H-pyrrole nitrogens is 1. The van der Waals surface area contributed by atoms with Crippen LogP contribution in [0, 0.1) is 0 Å². The van der Waals surface area contributed by atoms with E-state index in [9.17, 15) is 0 Å². The Hall–Kier alpha value is -1.95. The fourth-order valence-electron chi connectivity index (χ4n) is 1.66. The predicted octanol–water partition coefficient (Wildman–Crippen LogP) is 0.619. The quantitative estimate of drug-likeness (QED) is 0.760. The minimum atomic E-state index is 0.0157. The van der Waals surface area contributed by atoms with Gasteiger partial charge in [-0.1, -0.05) is 5.57 Å². The smallest absolute Gasteiger partial charge is 0.176 e. The van der Waals surface area contributed by atoms with E-state index in [2.05, 4.69) is 26.5 Å². The second kappa shape index (κ2) is 5.59. The van der Waals surface area contributed by atoms with E-state index in [1.54, 1.807) is 12.7 Å². The third kappa shape index (κ3) is 2.65. The molecule has 2 aromatic rings. The summed E-state index contributed by atoms with van der Waals surface area (Å²) in [4.78, 5) is 15.8. The highest BCUT2D eigenvalue weighted by molar-refractivity contribution is 5.68. The molecule has 0 aliphatic heterocycles. The molecule has 0 bridgehead atoms. The van der Waals surface area contributed by atoms with Crippen molar-refractivity contribution in [3.05, 3.63) is 30.3 Å². The zero-order valence-corrected chi connectivity index (χ0v) is 10.4. The van der Waals surface area contributed by atoms with Gasteiger partial charge in [-0.3, -0.25) is 4.99 Å². The number of aromatic amines is 1. The number of nitrogens with zero attached hydrogens (tertiary/aromatic N) is 4. The number of fused-ring (bicyclic) bond motifs is 1. The average Bonchev–Trinajstić information content (AvgIpc) is 2.83. The summed E-state index contributed by atoms with van der Waals surface area (Å²) >= 11 is 0. The highest BCUT2D eigenvalue weighted by Gasteiger charge is 2.04. The van der Waals surface area contributed by atoms with E-state index in [1.807, 2.05) is 11.5 Å². The highest BCUT2D eigenvalue weighted by Crippen LogP contribution is 2.06. The Morgan fingerprint density at radius 1 is 1.56 bits per heavy atom. The lowest BCUT2D eigenvalue weighted by Crippen LogP contribution is -2.15. The van der Waals surface area contributed by atoms with Crippen LogP contribution in [-0.2, 0) is 6.54 Å². The van der Waals surface area contributed by atoms with E-state index in [0.29, 0.717) is 12.0 Å². The average molecular weight is 247 g/mol. The Morgan fingerprint density at radius 3 is 3.11 bits per heavy atom. The summed E-state index contributed by atoms with van der Waals surface area (Å²) in [6.07, 6.45) is 4.24. The van der Waals surface area contributed by atoms with Crippen molar-refractivity contribution in [1.82, 2.24) is 19.5 Å². The number of aromatic nitrogens is 4. The zero-order chi connectivity index (χ0) is 13.0. The molecule has 6 nitrogen and oxygen atoms in total. The van der Waals surface area contributed by atoms with Crippen molar-refractivity contribution in [2.24, 2.45) is 4.99 Å². The molecular formula is C12H17N5O. The Kier molecular flexibility index (Phi) is 3.88. The number of imidazole rings is 1. The standard InChI is InChI=1S/C12H17N5O/c1-9(2)3-5-17-8-16-11(13-4-6-18)10-12(17)15-7-14-10/h7-8,18H,1,3-6H2,2H3,(H,14,15). The summed E-state index contributed by atoms with van der Waals surface area (Å²) in [5, 5.41) is 8.79. The molecule has 0 radical (unpaired) electrons. The van der Waals surface area contributed by atoms with Crippen LogP contribution in [0.2, 0.25) is 0 Å². The van der Waals surface area contributed by atoms with Gasteiger partial charge in [-0.05, 0) is 13.3 Å². The molecule has 2 heterocycles. The van der Waals surface area contributed by atoms with Gasteiger partial charge in [0.1, 0.15) is 5.52 Å². The summed E-state index contributed by atoms with van der Waals surface area (Å²) < 4.78 is 1.97. The third-order valence-electron chi connectivity index (χ3n) is 2.58. The molecule has 0 aliphatic carbocycles. The van der Waals surface area contributed by atoms with E-state index in [0.717, 1.165) is 29.7 Å². The van der Waals surface area contributed by atoms with Crippen LogP contribution in [0.15, 0.2) is 29.8 Å². The second-order valence-corrected chi connectivity index (χ2v) is 4.18. The van der Waals surface area contributed by atoms with Crippen molar-refractivity contribution >= 4 is 11.2 Å². The number of aryl methyl sites for hydroxylation is 1. The van der Waals surface area contributed by atoms with Crippen molar-refractivity contribution in [1.29, 1.82) is 0 Å². The molecule has 0 aliphatic rings. The fraction of sp³-hybridized carbons (Fsp3) is 0.417. The van der Waals surface area contributed by atoms with Gasteiger partial charge in [-0.15, -0.1) is 6.58 Å². The van der Waals surface area contributed by atoms with E-state index >= 15 is 0 Å². The topological polar surface area (TPSA) is 79.1 Å². The van der Waals surface area contributed by atoms with Crippen LogP contribution in [0.4, 0.5) is 0 Å². The van der Waals surface area contributed by atoms with Crippen LogP contribution < -0.4 is 5.49 Å². The van der Waals surface area contributed by atoms with Crippen molar-refractivity contribution in [2.75, 3.05) is 13.2 Å². The molecule has 0 fully saturated rings. The summed E-state index contributed by atoms with van der Waals surface area (Å²) in [5.74, 6) is 0. The van der Waals surface area contributed by atoms with Crippen LogP contribution in [0.1, 0.15) is 13.3 Å². The largest absolute Gasteiger partial charge is 0.394 e. The van der Waals surface area contributed by atoms with Gasteiger partial charge in [0.2, 0.25) is 0 Å². The van der Waals surface area contributed by atoms with E-state index in [1.165, 1.54) is 0 Å². The highest BCUT2D eigenvalue weighted by atomic mass is 16.3. The molecule has 0 saturated carbocycles. The van der Waals surface area contributed by atoms with Gasteiger partial charge in [0.05, 0.1) is 25.8 Å². The van der Waals surface area contributed by atoms with Crippen LogP contribution in [-0.4, -0.2) is 37.8 Å². The molecular weight excluding hydrogens is 230 g/mol. The normalized spacial score (nSPS) is 12.2. The number of allylic oxidation sites excluding steroid dienone is 1. The van der Waals surface area contributed by atoms with Gasteiger partial charge < -0.3 is 14.7 Å². The maximum atomic E-state index is 8.79. The van der Waals surface area contributed by atoms with E-state index in [-0.39, 0.29) is 6.61 Å². The Balaban J connectivity index is 2.40. The lowest BCUT2D eigenvalue weighted by atomic mass is 10.2. The lowest BCUT2D eigenvalue weighted by molar-refractivity contribution is 0.305. The molecule has 0 amide bonds. The molecule has 6 heteroatoms.